The molecule has 0 aromatic heterocycles. The second kappa shape index (κ2) is 7.71. The molecule has 0 saturated heterocycles. The van der Waals surface area contributed by atoms with Gasteiger partial charge in [0.05, 0.1) is 20.8 Å². The van der Waals surface area contributed by atoms with Crippen LogP contribution in [0.25, 0.3) is 0 Å². The van der Waals surface area contributed by atoms with Crippen LogP contribution >= 0.6 is 0 Å². The lowest BCUT2D eigenvalue weighted by molar-refractivity contribution is 0.0633. The molecule has 0 unspecified atom stereocenters. The highest BCUT2D eigenvalue weighted by Gasteiger charge is 2.46. The van der Waals surface area contributed by atoms with E-state index in [9.17, 15) is 0 Å². The molecule has 0 bridgehead atoms. The standard InChI is InChI=1S/C19H34O3Si/c1-9-10-14-19(15-22-23(7,8)18(2,3)4)16(20-5)12-11-13-17(19)21-6/h9,12-13H,1,10-11,14-15H2,2-8H3. The van der Waals surface area contributed by atoms with Gasteiger partial charge in [-0.05, 0) is 49.5 Å². The van der Waals surface area contributed by atoms with E-state index in [-0.39, 0.29) is 10.5 Å². The summed E-state index contributed by atoms with van der Waals surface area (Å²) in [6.07, 6.45) is 8.83. The predicted molar refractivity (Wildman–Crippen MR) is 99.8 cm³/mol. The van der Waals surface area contributed by atoms with Gasteiger partial charge in [-0.2, -0.15) is 0 Å². The summed E-state index contributed by atoms with van der Waals surface area (Å²) in [6.45, 7) is 15.8. The Morgan fingerprint density at radius 3 is 2.09 bits per heavy atom. The van der Waals surface area contributed by atoms with E-state index in [2.05, 4.69) is 52.6 Å². The van der Waals surface area contributed by atoms with Crippen molar-refractivity contribution in [2.24, 2.45) is 5.41 Å². The van der Waals surface area contributed by atoms with Gasteiger partial charge in [-0.25, -0.2) is 0 Å². The number of rotatable bonds is 8. The summed E-state index contributed by atoms with van der Waals surface area (Å²) in [6, 6.07) is 0. The molecule has 0 heterocycles. The van der Waals surface area contributed by atoms with Gasteiger partial charge in [-0.15, -0.1) is 6.58 Å². The summed E-state index contributed by atoms with van der Waals surface area (Å²) in [5.41, 5.74) is -0.342. The Balaban J connectivity index is 3.15. The quantitative estimate of drug-likeness (QED) is 0.436. The van der Waals surface area contributed by atoms with Gasteiger partial charge in [0.2, 0.25) is 0 Å². The SMILES string of the molecule is C=CCCC1(CO[Si](C)(C)C(C)(C)C)C(OC)=CCC=C1OC. The van der Waals surface area contributed by atoms with Gasteiger partial charge in [-0.3, -0.25) is 0 Å². The highest BCUT2D eigenvalue weighted by Crippen LogP contribution is 2.46. The molecule has 0 saturated carbocycles. The third-order valence-electron chi connectivity index (χ3n) is 5.25. The Morgan fingerprint density at radius 1 is 1.17 bits per heavy atom. The van der Waals surface area contributed by atoms with Crippen LogP contribution in [-0.2, 0) is 13.9 Å². The molecular weight excluding hydrogens is 304 g/mol. The van der Waals surface area contributed by atoms with Crippen molar-refractivity contribution in [2.75, 3.05) is 20.8 Å². The van der Waals surface area contributed by atoms with E-state index in [1.165, 1.54) is 0 Å². The van der Waals surface area contributed by atoms with Gasteiger partial charge >= 0.3 is 0 Å². The molecule has 132 valence electrons. The number of hydrogen-bond acceptors (Lipinski definition) is 3. The maximum absolute atomic E-state index is 6.56. The Labute approximate surface area is 143 Å². The van der Waals surface area contributed by atoms with E-state index in [0.717, 1.165) is 30.8 Å². The van der Waals surface area contributed by atoms with Crippen molar-refractivity contribution in [3.8, 4) is 0 Å². The lowest BCUT2D eigenvalue weighted by atomic mass is 9.76. The maximum Gasteiger partial charge on any atom is 0.192 e. The summed E-state index contributed by atoms with van der Waals surface area (Å²) in [5.74, 6) is 1.91. The van der Waals surface area contributed by atoms with Crippen molar-refractivity contribution >= 4 is 8.32 Å². The number of methoxy groups -OCH3 is 2. The molecule has 0 fully saturated rings. The first-order chi connectivity index (χ1) is 10.6. The minimum Gasteiger partial charge on any atom is -0.500 e. The topological polar surface area (TPSA) is 27.7 Å². The molecule has 23 heavy (non-hydrogen) atoms. The van der Waals surface area contributed by atoms with Crippen LogP contribution in [0.15, 0.2) is 36.3 Å². The highest BCUT2D eigenvalue weighted by molar-refractivity contribution is 6.74. The summed E-state index contributed by atoms with van der Waals surface area (Å²) in [7, 11) is 1.62. The molecule has 0 aromatic carbocycles. The molecule has 4 heteroatoms. The summed E-state index contributed by atoms with van der Waals surface area (Å²) < 4.78 is 18.0. The first-order valence-corrected chi connectivity index (χ1v) is 11.3. The van der Waals surface area contributed by atoms with E-state index in [1.54, 1.807) is 14.2 Å². The average Bonchev–Trinajstić information content (AvgIpc) is 2.49. The smallest absolute Gasteiger partial charge is 0.192 e. The third-order valence-corrected chi connectivity index (χ3v) is 9.73. The molecule has 0 spiro atoms. The molecule has 0 aliphatic heterocycles. The first kappa shape index (κ1) is 20.0. The Hall–Kier alpha value is -1.00. The normalized spacial score (nSPS) is 18.0. The van der Waals surface area contributed by atoms with Gasteiger partial charge in [0.15, 0.2) is 8.32 Å². The van der Waals surface area contributed by atoms with Crippen LogP contribution in [0, 0.1) is 5.41 Å². The molecule has 0 N–H and O–H groups in total. The molecule has 1 rings (SSSR count). The van der Waals surface area contributed by atoms with Crippen molar-refractivity contribution < 1.29 is 13.9 Å². The molecule has 0 amide bonds. The minimum absolute atomic E-state index is 0.176. The highest BCUT2D eigenvalue weighted by atomic mass is 28.4. The zero-order valence-electron chi connectivity index (χ0n) is 16.0. The van der Waals surface area contributed by atoms with Crippen LogP contribution in [0.1, 0.15) is 40.0 Å². The maximum atomic E-state index is 6.56. The van der Waals surface area contributed by atoms with Gasteiger partial charge < -0.3 is 13.9 Å². The van der Waals surface area contributed by atoms with Crippen LogP contribution in [0.5, 0.6) is 0 Å². The summed E-state index contributed by atoms with van der Waals surface area (Å²) in [4.78, 5) is 0. The van der Waals surface area contributed by atoms with Gasteiger partial charge in [0.1, 0.15) is 16.9 Å². The molecule has 1 aliphatic carbocycles. The Kier molecular flexibility index (Phi) is 6.72. The van der Waals surface area contributed by atoms with E-state index in [1.807, 2.05) is 6.08 Å². The molecule has 1 aliphatic rings. The van der Waals surface area contributed by atoms with E-state index >= 15 is 0 Å². The zero-order valence-corrected chi connectivity index (χ0v) is 17.0. The van der Waals surface area contributed by atoms with Crippen LogP contribution in [-0.4, -0.2) is 29.1 Å². The molecule has 0 aromatic rings. The van der Waals surface area contributed by atoms with Gasteiger partial charge in [0.25, 0.3) is 0 Å². The van der Waals surface area contributed by atoms with E-state index < -0.39 is 8.32 Å². The zero-order chi connectivity index (χ0) is 17.7. The van der Waals surface area contributed by atoms with Crippen LogP contribution in [0.2, 0.25) is 18.1 Å². The minimum atomic E-state index is -1.85. The fraction of sp³-hybridized carbons (Fsp3) is 0.684. The fourth-order valence-electron chi connectivity index (χ4n) is 2.67. The van der Waals surface area contributed by atoms with Crippen LogP contribution in [0.3, 0.4) is 0 Å². The monoisotopic (exact) mass is 338 g/mol. The second-order valence-electron chi connectivity index (χ2n) is 7.74. The summed E-state index contributed by atoms with van der Waals surface area (Å²) >= 11 is 0. The second-order valence-corrected chi connectivity index (χ2v) is 12.5. The van der Waals surface area contributed by atoms with Gasteiger partial charge in [0, 0.05) is 0 Å². The van der Waals surface area contributed by atoms with Gasteiger partial charge in [-0.1, -0.05) is 26.8 Å². The molecule has 0 atom stereocenters. The molecule has 0 radical (unpaired) electrons. The number of hydrogen-bond donors (Lipinski definition) is 0. The fourth-order valence-corrected chi connectivity index (χ4v) is 3.71. The van der Waals surface area contributed by atoms with Crippen LogP contribution in [0.4, 0.5) is 0 Å². The molecule has 3 nitrogen and oxygen atoms in total. The van der Waals surface area contributed by atoms with Crippen molar-refractivity contribution in [3.63, 3.8) is 0 Å². The van der Waals surface area contributed by atoms with Crippen LogP contribution < -0.4 is 0 Å². The number of allylic oxidation sites excluding steroid dienone is 3. The third kappa shape index (κ3) is 4.30. The average molecular weight is 339 g/mol. The largest absolute Gasteiger partial charge is 0.500 e. The van der Waals surface area contributed by atoms with Crippen molar-refractivity contribution in [1.82, 2.24) is 0 Å². The number of ether oxygens (including phenoxy) is 2. The van der Waals surface area contributed by atoms with E-state index in [0.29, 0.717) is 6.61 Å². The summed E-state index contributed by atoms with van der Waals surface area (Å²) in [5, 5.41) is 0.176. The van der Waals surface area contributed by atoms with E-state index in [4.69, 9.17) is 13.9 Å². The first-order valence-electron chi connectivity index (χ1n) is 8.38. The van der Waals surface area contributed by atoms with Crippen molar-refractivity contribution in [2.45, 2.75) is 58.2 Å². The lowest BCUT2D eigenvalue weighted by Crippen LogP contribution is -2.45. The molecular formula is C19H34O3Si. The predicted octanol–water partition coefficient (Wildman–Crippen LogP) is 5.43. The lowest BCUT2D eigenvalue weighted by Gasteiger charge is -2.43. The Bertz CT molecular complexity index is 449. The van der Waals surface area contributed by atoms with Crippen molar-refractivity contribution in [3.05, 3.63) is 36.3 Å². The van der Waals surface area contributed by atoms with Crippen molar-refractivity contribution in [1.29, 1.82) is 0 Å². The Morgan fingerprint density at radius 2 is 1.70 bits per heavy atom.